The summed E-state index contributed by atoms with van der Waals surface area (Å²) in [6.07, 6.45) is 1.88. The van der Waals surface area contributed by atoms with E-state index in [1.165, 1.54) is 6.92 Å². The lowest BCUT2D eigenvalue weighted by Gasteiger charge is -2.20. The van der Waals surface area contributed by atoms with E-state index in [2.05, 4.69) is 36.4 Å². The highest BCUT2D eigenvalue weighted by Gasteiger charge is 2.12. The monoisotopic (exact) mass is 259 g/mol. The normalized spacial score (nSPS) is 12.6. The molecule has 2 amide bonds. The fourth-order valence-corrected chi connectivity index (χ4v) is 1.26. The summed E-state index contributed by atoms with van der Waals surface area (Å²) in [7, 11) is 2.07. The Hall–Kier alpha value is -1.30. The Balaban J connectivity index is 3.55. The summed E-state index contributed by atoms with van der Waals surface area (Å²) in [5.41, 5.74) is 0. The number of carboxylic acid groups (broad SMARTS) is 1. The summed E-state index contributed by atoms with van der Waals surface area (Å²) in [5.74, 6) is -1.04. The number of carbonyl (C=O) groups is 2. The Morgan fingerprint density at radius 1 is 1.22 bits per heavy atom. The topological polar surface area (TPSA) is 81.7 Å². The van der Waals surface area contributed by atoms with Crippen LogP contribution in [0.2, 0.25) is 0 Å². The van der Waals surface area contributed by atoms with Crippen molar-refractivity contribution in [3.63, 3.8) is 0 Å². The van der Waals surface area contributed by atoms with E-state index in [1.807, 2.05) is 0 Å². The summed E-state index contributed by atoms with van der Waals surface area (Å²) in [6.45, 7) is 7.26. The first-order chi connectivity index (χ1) is 8.34. The number of hydrogen-bond acceptors (Lipinski definition) is 3. The maximum atomic E-state index is 11.3. The van der Waals surface area contributed by atoms with Crippen molar-refractivity contribution >= 4 is 12.0 Å². The van der Waals surface area contributed by atoms with Crippen LogP contribution in [-0.2, 0) is 4.79 Å². The Morgan fingerprint density at radius 3 is 2.33 bits per heavy atom. The molecule has 0 aliphatic carbocycles. The van der Waals surface area contributed by atoms with Gasteiger partial charge < -0.3 is 20.6 Å². The summed E-state index contributed by atoms with van der Waals surface area (Å²) in [5, 5.41) is 13.6. The zero-order chi connectivity index (χ0) is 14.1. The molecule has 0 aliphatic heterocycles. The van der Waals surface area contributed by atoms with Crippen molar-refractivity contribution in [2.75, 3.05) is 20.1 Å². The number of carbonyl (C=O) groups excluding carboxylic acids is 1. The van der Waals surface area contributed by atoms with Crippen LogP contribution in [0.15, 0.2) is 0 Å². The zero-order valence-electron chi connectivity index (χ0n) is 11.7. The van der Waals surface area contributed by atoms with Crippen LogP contribution in [0.5, 0.6) is 0 Å². The molecule has 0 rings (SSSR count). The fraction of sp³-hybridized carbons (Fsp3) is 0.833. The SMILES string of the molecule is CC(C)N(C)CCCCNC(=O)N[C@@H](C)C(=O)O. The molecular weight excluding hydrogens is 234 g/mol. The summed E-state index contributed by atoms with van der Waals surface area (Å²) in [4.78, 5) is 24.0. The summed E-state index contributed by atoms with van der Waals surface area (Å²) < 4.78 is 0. The van der Waals surface area contributed by atoms with Gasteiger partial charge in [0.15, 0.2) is 0 Å². The Morgan fingerprint density at radius 2 is 1.83 bits per heavy atom. The average molecular weight is 259 g/mol. The molecule has 0 bridgehead atoms. The maximum absolute atomic E-state index is 11.3. The zero-order valence-corrected chi connectivity index (χ0v) is 11.7. The number of urea groups is 1. The second-order valence-electron chi connectivity index (χ2n) is 4.74. The molecule has 0 spiro atoms. The van der Waals surface area contributed by atoms with Gasteiger partial charge in [-0.15, -0.1) is 0 Å². The van der Waals surface area contributed by atoms with Crippen molar-refractivity contribution in [2.24, 2.45) is 0 Å². The Bertz CT molecular complexity index is 269. The van der Waals surface area contributed by atoms with E-state index in [4.69, 9.17) is 5.11 Å². The van der Waals surface area contributed by atoms with Gasteiger partial charge in [0.05, 0.1) is 0 Å². The predicted octanol–water partition coefficient (Wildman–Crippen LogP) is 0.879. The van der Waals surface area contributed by atoms with E-state index in [0.717, 1.165) is 19.4 Å². The second-order valence-corrected chi connectivity index (χ2v) is 4.74. The van der Waals surface area contributed by atoms with Gasteiger partial charge >= 0.3 is 12.0 Å². The lowest BCUT2D eigenvalue weighted by atomic mass is 10.2. The van der Waals surface area contributed by atoms with Gasteiger partial charge in [-0.1, -0.05) is 0 Å². The predicted molar refractivity (Wildman–Crippen MR) is 70.6 cm³/mol. The quantitative estimate of drug-likeness (QED) is 0.565. The average Bonchev–Trinajstić information content (AvgIpc) is 2.27. The molecule has 0 aromatic heterocycles. The van der Waals surface area contributed by atoms with Crippen LogP contribution in [0.3, 0.4) is 0 Å². The van der Waals surface area contributed by atoms with Gasteiger partial charge in [-0.25, -0.2) is 4.79 Å². The third-order valence-electron chi connectivity index (χ3n) is 2.82. The van der Waals surface area contributed by atoms with Gasteiger partial charge in [0.2, 0.25) is 0 Å². The standard InChI is InChI=1S/C12H25N3O3/c1-9(2)15(4)8-6-5-7-13-12(18)14-10(3)11(16)17/h9-10H,5-8H2,1-4H3,(H,16,17)(H2,13,14,18)/t10-/m0/s1. The molecule has 0 radical (unpaired) electrons. The number of aliphatic carboxylic acids is 1. The van der Waals surface area contributed by atoms with Gasteiger partial charge in [-0.05, 0) is 47.2 Å². The van der Waals surface area contributed by atoms with E-state index < -0.39 is 18.0 Å². The van der Waals surface area contributed by atoms with Gasteiger partial charge in [0.25, 0.3) is 0 Å². The van der Waals surface area contributed by atoms with Gasteiger partial charge in [0.1, 0.15) is 6.04 Å². The Labute approximate surface area is 109 Å². The molecule has 0 aromatic carbocycles. The van der Waals surface area contributed by atoms with Crippen molar-refractivity contribution in [3.8, 4) is 0 Å². The lowest BCUT2D eigenvalue weighted by molar-refractivity contribution is -0.138. The third kappa shape index (κ3) is 7.89. The van der Waals surface area contributed by atoms with Crippen molar-refractivity contribution in [1.29, 1.82) is 0 Å². The molecule has 0 aromatic rings. The summed E-state index contributed by atoms with van der Waals surface area (Å²) in [6, 6.07) is -0.767. The molecule has 106 valence electrons. The third-order valence-corrected chi connectivity index (χ3v) is 2.82. The molecule has 6 nitrogen and oxygen atoms in total. The lowest BCUT2D eigenvalue weighted by Crippen LogP contribution is -2.44. The van der Waals surface area contributed by atoms with Crippen LogP contribution >= 0.6 is 0 Å². The minimum atomic E-state index is -1.04. The van der Waals surface area contributed by atoms with E-state index in [0.29, 0.717) is 12.6 Å². The number of hydrogen-bond donors (Lipinski definition) is 3. The molecule has 0 heterocycles. The molecule has 3 N–H and O–H groups in total. The molecule has 18 heavy (non-hydrogen) atoms. The number of nitrogens with zero attached hydrogens (tertiary/aromatic N) is 1. The van der Waals surface area contributed by atoms with Crippen molar-refractivity contribution in [1.82, 2.24) is 15.5 Å². The van der Waals surface area contributed by atoms with E-state index >= 15 is 0 Å². The molecule has 1 atom stereocenters. The summed E-state index contributed by atoms with van der Waals surface area (Å²) >= 11 is 0. The highest BCUT2D eigenvalue weighted by molar-refractivity contribution is 5.82. The molecule has 0 fully saturated rings. The van der Waals surface area contributed by atoms with Crippen LogP contribution < -0.4 is 10.6 Å². The number of nitrogens with one attached hydrogen (secondary N) is 2. The molecular formula is C12H25N3O3. The van der Waals surface area contributed by atoms with Gasteiger partial charge in [-0.3, -0.25) is 4.79 Å². The van der Waals surface area contributed by atoms with Crippen molar-refractivity contribution < 1.29 is 14.7 Å². The van der Waals surface area contributed by atoms with Crippen LogP contribution in [-0.4, -0.2) is 54.2 Å². The molecule has 0 saturated heterocycles. The van der Waals surface area contributed by atoms with E-state index in [1.54, 1.807) is 0 Å². The van der Waals surface area contributed by atoms with Crippen LogP contribution in [0, 0.1) is 0 Å². The second kappa shape index (κ2) is 8.74. The largest absolute Gasteiger partial charge is 0.480 e. The Kier molecular flexibility index (Phi) is 8.11. The first-order valence-electron chi connectivity index (χ1n) is 6.32. The maximum Gasteiger partial charge on any atom is 0.325 e. The highest BCUT2D eigenvalue weighted by Crippen LogP contribution is 1.97. The van der Waals surface area contributed by atoms with Gasteiger partial charge in [0, 0.05) is 12.6 Å². The smallest absolute Gasteiger partial charge is 0.325 e. The minimum Gasteiger partial charge on any atom is -0.480 e. The highest BCUT2D eigenvalue weighted by atomic mass is 16.4. The van der Waals surface area contributed by atoms with Crippen LogP contribution in [0.25, 0.3) is 0 Å². The fourth-order valence-electron chi connectivity index (χ4n) is 1.26. The van der Waals surface area contributed by atoms with Gasteiger partial charge in [-0.2, -0.15) is 0 Å². The molecule has 0 saturated carbocycles. The molecule has 0 aliphatic rings. The number of amides is 2. The number of rotatable bonds is 8. The van der Waals surface area contributed by atoms with E-state index in [-0.39, 0.29) is 0 Å². The van der Waals surface area contributed by atoms with Crippen LogP contribution in [0.4, 0.5) is 4.79 Å². The minimum absolute atomic E-state index is 0.429. The van der Waals surface area contributed by atoms with Crippen LogP contribution in [0.1, 0.15) is 33.6 Å². The molecule has 6 heteroatoms. The number of carboxylic acids is 1. The first kappa shape index (κ1) is 16.7. The number of unbranched alkanes of at least 4 members (excludes halogenated alkanes) is 1. The van der Waals surface area contributed by atoms with Crippen molar-refractivity contribution in [2.45, 2.75) is 45.7 Å². The van der Waals surface area contributed by atoms with Crippen molar-refractivity contribution in [3.05, 3.63) is 0 Å². The molecule has 0 unspecified atom stereocenters. The van der Waals surface area contributed by atoms with E-state index in [9.17, 15) is 9.59 Å². The first-order valence-corrected chi connectivity index (χ1v) is 6.32.